The zero-order valence-corrected chi connectivity index (χ0v) is 21.5. The molecule has 1 aliphatic heterocycles. The highest BCUT2D eigenvalue weighted by atomic mass is 15.3. The van der Waals surface area contributed by atoms with Crippen LogP contribution in [0.3, 0.4) is 0 Å². The third kappa shape index (κ3) is 4.45. The molecule has 0 bridgehead atoms. The summed E-state index contributed by atoms with van der Waals surface area (Å²) in [6.07, 6.45) is 2.40. The summed E-state index contributed by atoms with van der Waals surface area (Å²) in [6, 6.07) is 13.7. The van der Waals surface area contributed by atoms with Crippen LogP contribution in [0.2, 0.25) is 0 Å². The number of hydrogen-bond acceptors (Lipinski definition) is 1. The van der Waals surface area contributed by atoms with Crippen LogP contribution in [-0.2, 0) is 0 Å². The second-order valence-corrected chi connectivity index (χ2v) is 11.1. The van der Waals surface area contributed by atoms with Crippen LogP contribution in [0.25, 0.3) is 0 Å². The summed E-state index contributed by atoms with van der Waals surface area (Å²) in [5, 5.41) is 0. The lowest BCUT2D eigenvalue weighted by molar-refractivity contribution is -0.434. The Morgan fingerprint density at radius 1 is 0.677 bits per heavy atom. The van der Waals surface area contributed by atoms with E-state index in [0.717, 1.165) is 6.54 Å². The van der Waals surface area contributed by atoms with Gasteiger partial charge in [0.05, 0.1) is 0 Å². The maximum absolute atomic E-state index is 2.57. The van der Waals surface area contributed by atoms with Crippen molar-refractivity contribution < 1.29 is 4.58 Å². The predicted octanol–water partition coefficient (Wildman–Crippen LogP) is 8.15. The second-order valence-electron chi connectivity index (χ2n) is 11.1. The molecule has 2 aromatic carbocycles. The van der Waals surface area contributed by atoms with Gasteiger partial charge in [-0.15, -0.1) is 0 Å². The molecular formula is C29H43N2+. The number of hydrogen-bond donors (Lipinski definition) is 0. The highest BCUT2D eigenvalue weighted by molar-refractivity contribution is 5.84. The molecule has 0 aliphatic carbocycles. The topological polar surface area (TPSA) is 6.25 Å². The quantitative estimate of drug-likeness (QED) is 0.428. The lowest BCUT2D eigenvalue weighted by Gasteiger charge is -2.29. The molecule has 168 valence electrons. The van der Waals surface area contributed by atoms with Gasteiger partial charge in [0.2, 0.25) is 6.34 Å². The van der Waals surface area contributed by atoms with Crippen molar-refractivity contribution in [3.8, 4) is 0 Å². The Hall–Kier alpha value is -2.09. The fourth-order valence-electron chi connectivity index (χ4n) is 4.96. The van der Waals surface area contributed by atoms with E-state index < -0.39 is 0 Å². The smallest absolute Gasteiger partial charge is 0.229 e. The van der Waals surface area contributed by atoms with E-state index in [4.69, 9.17) is 0 Å². The molecule has 0 N–H and O–H groups in total. The van der Waals surface area contributed by atoms with Crippen molar-refractivity contribution >= 4 is 17.7 Å². The van der Waals surface area contributed by atoms with E-state index in [2.05, 4.69) is 121 Å². The minimum absolute atomic E-state index is 0.00692. The predicted molar refractivity (Wildman–Crippen MR) is 137 cm³/mol. The fraction of sp³-hybridized carbons (Fsp3) is 0.552. The molecule has 0 atom stereocenters. The lowest BCUT2D eigenvalue weighted by Crippen LogP contribution is -2.42. The number of nitrogens with zero attached hydrogens (tertiary/aromatic N) is 2. The van der Waals surface area contributed by atoms with E-state index in [9.17, 15) is 0 Å². The highest BCUT2D eigenvalue weighted by Crippen LogP contribution is 2.42. The number of benzene rings is 2. The van der Waals surface area contributed by atoms with Crippen LogP contribution in [0.1, 0.15) is 115 Å². The summed E-state index contributed by atoms with van der Waals surface area (Å²) < 4.78 is 2.53. The molecule has 0 unspecified atom stereocenters. The largest absolute Gasteiger partial charge is 0.245 e. The van der Waals surface area contributed by atoms with Crippen molar-refractivity contribution in [3.05, 3.63) is 58.7 Å². The van der Waals surface area contributed by atoms with Gasteiger partial charge in [0.15, 0.2) is 0 Å². The van der Waals surface area contributed by atoms with Gasteiger partial charge in [-0.1, -0.05) is 91.8 Å². The van der Waals surface area contributed by atoms with Crippen LogP contribution in [0.5, 0.6) is 0 Å². The molecule has 0 aromatic heterocycles. The summed E-state index contributed by atoms with van der Waals surface area (Å²) in [5.41, 5.74) is 8.61. The maximum atomic E-state index is 2.57. The van der Waals surface area contributed by atoms with Crippen LogP contribution < -0.4 is 4.90 Å². The molecule has 3 rings (SSSR count). The first-order valence-electron chi connectivity index (χ1n) is 12.1. The van der Waals surface area contributed by atoms with Gasteiger partial charge in [0, 0.05) is 22.3 Å². The zero-order chi connectivity index (χ0) is 23.1. The van der Waals surface area contributed by atoms with Crippen molar-refractivity contribution in [2.75, 3.05) is 11.4 Å². The van der Waals surface area contributed by atoms with Gasteiger partial charge in [0.1, 0.15) is 23.5 Å². The van der Waals surface area contributed by atoms with Crippen molar-refractivity contribution in [1.29, 1.82) is 0 Å². The number of anilines is 1. The van der Waals surface area contributed by atoms with E-state index in [0.29, 0.717) is 23.7 Å². The highest BCUT2D eigenvalue weighted by Gasteiger charge is 2.44. The molecule has 0 saturated carbocycles. The summed E-state index contributed by atoms with van der Waals surface area (Å²) in [6.45, 7) is 24.3. The monoisotopic (exact) mass is 419 g/mol. The minimum atomic E-state index is 0.00692. The molecule has 2 nitrogen and oxygen atoms in total. The maximum Gasteiger partial charge on any atom is 0.245 e. The molecule has 2 heteroatoms. The van der Waals surface area contributed by atoms with Gasteiger partial charge < -0.3 is 0 Å². The Kier molecular flexibility index (Phi) is 6.69. The molecule has 0 fully saturated rings. The molecule has 0 saturated heterocycles. The van der Waals surface area contributed by atoms with E-state index in [1.165, 1.54) is 33.6 Å². The standard InChI is InChI=1S/C29H43N2/c1-19(2)23-13-11-14-24(20(3)4)27(23)30-17-29(9,10)31(18-30)28-25(21(5)6)15-12-16-26(28)22(7)8/h11-16,18-22H,17H2,1-10H3/q+1. The molecule has 1 aliphatic rings. The third-order valence-corrected chi connectivity index (χ3v) is 6.68. The average Bonchev–Trinajstić information content (AvgIpc) is 3.00. The van der Waals surface area contributed by atoms with E-state index in [-0.39, 0.29) is 5.54 Å². The van der Waals surface area contributed by atoms with Gasteiger partial charge in [-0.25, -0.2) is 9.48 Å². The van der Waals surface area contributed by atoms with Gasteiger partial charge in [-0.2, -0.15) is 0 Å². The normalized spacial score (nSPS) is 16.2. The first kappa shape index (κ1) is 23.6. The zero-order valence-electron chi connectivity index (χ0n) is 21.5. The lowest BCUT2D eigenvalue weighted by atomic mass is 9.90. The van der Waals surface area contributed by atoms with Gasteiger partial charge in [0.25, 0.3) is 0 Å². The number of rotatable bonds is 6. The Bertz CT molecular complexity index is 908. The Labute approximate surface area is 191 Å². The molecule has 1 heterocycles. The van der Waals surface area contributed by atoms with E-state index >= 15 is 0 Å². The molecule has 0 radical (unpaired) electrons. The van der Waals surface area contributed by atoms with Crippen LogP contribution in [0.4, 0.5) is 11.4 Å². The Morgan fingerprint density at radius 3 is 1.45 bits per heavy atom. The van der Waals surface area contributed by atoms with Crippen molar-refractivity contribution in [1.82, 2.24) is 0 Å². The van der Waals surface area contributed by atoms with Gasteiger partial charge >= 0.3 is 0 Å². The third-order valence-electron chi connectivity index (χ3n) is 6.68. The van der Waals surface area contributed by atoms with Crippen LogP contribution in [-0.4, -0.2) is 23.0 Å². The first-order chi connectivity index (χ1) is 14.5. The summed E-state index contributed by atoms with van der Waals surface area (Å²) in [7, 11) is 0. The van der Waals surface area contributed by atoms with Gasteiger partial charge in [-0.3, -0.25) is 0 Å². The fourth-order valence-corrected chi connectivity index (χ4v) is 4.96. The van der Waals surface area contributed by atoms with Gasteiger partial charge in [-0.05, 0) is 37.5 Å². The molecule has 31 heavy (non-hydrogen) atoms. The van der Waals surface area contributed by atoms with Crippen molar-refractivity contribution in [2.45, 2.75) is 98.4 Å². The summed E-state index contributed by atoms with van der Waals surface area (Å²) in [4.78, 5) is 2.57. The minimum Gasteiger partial charge on any atom is -0.229 e. The summed E-state index contributed by atoms with van der Waals surface area (Å²) >= 11 is 0. The van der Waals surface area contributed by atoms with Crippen LogP contribution >= 0.6 is 0 Å². The first-order valence-corrected chi connectivity index (χ1v) is 12.1. The van der Waals surface area contributed by atoms with E-state index in [1.807, 2.05) is 0 Å². The molecule has 2 aromatic rings. The van der Waals surface area contributed by atoms with Crippen LogP contribution in [0.15, 0.2) is 36.4 Å². The number of para-hydroxylation sites is 2. The SMILES string of the molecule is CC(C)c1cccc(C(C)C)c1N1C=[N+](c2c(C(C)C)cccc2C(C)C)CC1(C)C. The average molecular weight is 420 g/mol. The van der Waals surface area contributed by atoms with Crippen molar-refractivity contribution in [3.63, 3.8) is 0 Å². The molecule has 0 spiro atoms. The molecule has 0 amide bonds. The molecular weight excluding hydrogens is 376 g/mol. The van der Waals surface area contributed by atoms with E-state index in [1.54, 1.807) is 0 Å². The Balaban J connectivity index is 2.26. The Morgan fingerprint density at radius 2 is 1.06 bits per heavy atom. The van der Waals surface area contributed by atoms with Crippen molar-refractivity contribution in [2.24, 2.45) is 0 Å². The summed E-state index contributed by atoms with van der Waals surface area (Å²) in [5.74, 6) is 1.96. The second kappa shape index (κ2) is 8.81. The van der Waals surface area contributed by atoms with Crippen LogP contribution in [0, 0.1) is 0 Å².